The maximum atomic E-state index is 13.6. The molecule has 1 saturated heterocycles. The zero-order valence-electron chi connectivity index (χ0n) is 29.4. The molecule has 50 heavy (non-hydrogen) atoms. The van der Waals surface area contributed by atoms with Crippen LogP contribution in [0.1, 0.15) is 68.4 Å². The Morgan fingerprint density at radius 3 is 2.52 bits per heavy atom. The van der Waals surface area contributed by atoms with Gasteiger partial charge in [-0.15, -0.1) is 0 Å². The lowest BCUT2D eigenvalue weighted by atomic mass is 9.92. The first-order valence-electron chi connectivity index (χ1n) is 16.9. The Bertz CT molecular complexity index is 1910. The normalized spacial score (nSPS) is 15.2. The molecule has 4 N–H and O–H groups in total. The van der Waals surface area contributed by atoms with Gasteiger partial charge >= 0.3 is 0 Å². The third-order valence-corrected chi connectivity index (χ3v) is 8.99. The fraction of sp³-hybridized carbons (Fsp3) is 0.421. The third-order valence-electron chi connectivity index (χ3n) is 8.99. The number of benzene rings is 2. The zero-order valence-corrected chi connectivity index (χ0v) is 29.4. The summed E-state index contributed by atoms with van der Waals surface area (Å²) in [5, 5.41) is 10.8. The van der Waals surface area contributed by atoms with Crippen molar-refractivity contribution in [3.8, 4) is 0 Å². The lowest BCUT2D eigenvalue weighted by Gasteiger charge is -2.31. The SMILES string of the molecule is Cc1cccc(NCC(C)(C)COCC(C)(C)CNC(=O)CCc2ccc3c(c2)[nH]c2ccncc23)c1C(=O)N(C=O)C1CCC(=O)NC1=O. The highest BCUT2D eigenvalue weighted by Crippen LogP contribution is 2.28. The number of carbonyl (C=O) groups is 5. The van der Waals surface area contributed by atoms with Gasteiger partial charge in [0.05, 0.1) is 18.8 Å². The van der Waals surface area contributed by atoms with Crippen molar-refractivity contribution in [1.82, 2.24) is 25.5 Å². The number of imide groups is 2. The summed E-state index contributed by atoms with van der Waals surface area (Å²) < 4.78 is 6.14. The van der Waals surface area contributed by atoms with Gasteiger partial charge < -0.3 is 20.4 Å². The molecule has 12 heteroatoms. The third kappa shape index (κ3) is 8.73. The Morgan fingerprint density at radius 2 is 1.78 bits per heavy atom. The second kappa shape index (κ2) is 15.2. The zero-order chi connectivity index (χ0) is 36.1. The first-order chi connectivity index (χ1) is 23.8. The number of rotatable bonds is 15. The molecule has 0 spiro atoms. The molecule has 0 aliphatic carbocycles. The monoisotopic (exact) mass is 682 g/mol. The summed E-state index contributed by atoms with van der Waals surface area (Å²) in [6.45, 7) is 11.7. The van der Waals surface area contributed by atoms with Crippen molar-refractivity contribution in [2.75, 3.05) is 31.6 Å². The number of hydrogen-bond acceptors (Lipinski definition) is 8. The van der Waals surface area contributed by atoms with Crippen LogP contribution in [0.15, 0.2) is 54.9 Å². The largest absolute Gasteiger partial charge is 0.384 e. The molecule has 1 aliphatic heterocycles. The molecular formula is C38H46N6O6. The van der Waals surface area contributed by atoms with Crippen LogP contribution in [-0.2, 0) is 30.3 Å². The maximum Gasteiger partial charge on any atom is 0.263 e. The van der Waals surface area contributed by atoms with E-state index in [1.165, 1.54) is 0 Å². The number of H-pyrrole nitrogens is 1. The van der Waals surface area contributed by atoms with Crippen LogP contribution in [0.4, 0.5) is 5.69 Å². The number of amides is 5. The molecule has 5 rings (SSSR count). The number of pyridine rings is 1. The molecule has 5 amide bonds. The Morgan fingerprint density at radius 1 is 1.02 bits per heavy atom. The molecule has 0 saturated carbocycles. The molecule has 0 bridgehead atoms. The van der Waals surface area contributed by atoms with Crippen LogP contribution in [-0.4, -0.2) is 77.3 Å². The molecule has 0 radical (unpaired) electrons. The second-order valence-corrected chi connectivity index (χ2v) is 14.7. The average molecular weight is 683 g/mol. The number of hydrogen-bond donors (Lipinski definition) is 4. The summed E-state index contributed by atoms with van der Waals surface area (Å²) in [7, 11) is 0. The predicted octanol–water partition coefficient (Wildman–Crippen LogP) is 4.66. The Balaban J connectivity index is 1.08. The van der Waals surface area contributed by atoms with Crippen LogP contribution in [0.25, 0.3) is 21.8 Å². The van der Waals surface area contributed by atoms with E-state index in [4.69, 9.17) is 4.74 Å². The van der Waals surface area contributed by atoms with Gasteiger partial charge in [-0.2, -0.15) is 0 Å². The molecule has 2 aromatic heterocycles. The van der Waals surface area contributed by atoms with E-state index in [1.54, 1.807) is 25.3 Å². The molecule has 1 fully saturated rings. The average Bonchev–Trinajstić information content (AvgIpc) is 3.44. The lowest BCUT2D eigenvalue weighted by molar-refractivity contribution is -0.139. The van der Waals surface area contributed by atoms with Gasteiger partial charge in [-0.25, -0.2) is 0 Å². The van der Waals surface area contributed by atoms with E-state index in [9.17, 15) is 24.0 Å². The van der Waals surface area contributed by atoms with Crippen molar-refractivity contribution in [3.05, 3.63) is 71.5 Å². The van der Waals surface area contributed by atoms with Gasteiger partial charge in [-0.1, -0.05) is 52.0 Å². The standard InChI is InChI=1S/C38H46N6O6/c1-24-7-6-8-29(34(24)36(49)44(23-45)31-12-14-33(47)43-35(31)48)40-19-37(2,3)21-50-22-38(4,5)20-41-32(46)13-10-25-9-11-26-27-18-39-16-15-28(27)42-30(26)17-25/h6-9,11,15-18,23,31,40,42H,10,12-14,19-22H2,1-5H3,(H,41,46)(H,43,47,48). The summed E-state index contributed by atoms with van der Waals surface area (Å²) in [5.74, 6) is -1.72. The van der Waals surface area contributed by atoms with Crippen molar-refractivity contribution >= 4 is 57.5 Å². The molecule has 4 aromatic rings. The molecule has 2 aromatic carbocycles. The van der Waals surface area contributed by atoms with Gasteiger partial charge in [0.1, 0.15) is 6.04 Å². The quantitative estimate of drug-likeness (QED) is 0.104. The van der Waals surface area contributed by atoms with E-state index in [1.807, 2.05) is 46.0 Å². The predicted molar refractivity (Wildman–Crippen MR) is 191 cm³/mol. The van der Waals surface area contributed by atoms with E-state index in [0.717, 1.165) is 32.3 Å². The number of aromatic amines is 1. The van der Waals surface area contributed by atoms with Gasteiger partial charge in [-0.05, 0) is 49.1 Å². The molecule has 3 heterocycles. The van der Waals surface area contributed by atoms with Crippen molar-refractivity contribution in [2.24, 2.45) is 10.8 Å². The number of fused-ring (bicyclic) bond motifs is 3. The molecular weight excluding hydrogens is 636 g/mol. The van der Waals surface area contributed by atoms with Gasteiger partial charge in [0, 0.05) is 76.6 Å². The van der Waals surface area contributed by atoms with Crippen LogP contribution in [0.5, 0.6) is 0 Å². The number of nitrogens with zero attached hydrogens (tertiary/aromatic N) is 2. The second-order valence-electron chi connectivity index (χ2n) is 14.7. The number of carbonyl (C=O) groups excluding carboxylic acids is 5. The first-order valence-corrected chi connectivity index (χ1v) is 16.9. The van der Waals surface area contributed by atoms with Crippen molar-refractivity contribution < 1.29 is 28.7 Å². The Hall–Kier alpha value is -5.10. The van der Waals surface area contributed by atoms with Gasteiger partial charge in [0.2, 0.25) is 24.1 Å². The number of aryl methyl sites for hydroxylation is 2. The van der Waals surface area contributed by atoms with Crippen molar-refractivity contribution in [1.29, 1.82) is 0 Å². The number of piperidine rings is 1. The van der Waals surface area contributed by atoms with Crippen molar-refractivity contribution in [2.45, 2.75) is 66.3 Å². The van der Waals surface area contributed by atoms with Crippen LogP contribution in [0, 0.1) is 17.8 Å². The molecule has 1 atom stereocenters. The topological polar surface area (TPSA) is 163 Å². The van der Waals surface area contributed by atoms with Crippen LogP contribution in [0.3, 0.4) is 0 Å². The van der Waals surface area contributed by atoms with E-state index in [2.05, 4.69) is 44.1 Å². The highest BCUT2D eigenvalue weighted by atomic mass is 16.5. The van der Waals surface area contributed by atoms with E-state index in [0.29, 0.717) is 56.8 Å². The summed E-state index contributed by atoms with van der Waals surface area (Å²) in [5.41, 5.74) is 3.97. The number of ether oxygens (including phenoxy) is 1. The lowest BCUT2D eigenvalue weighted by Crippen LogP contribution is -2.54. The summed E-state index contributed by atoms with van der Waals surface area (Å²) >= 11 is 0. The van der Waals surface area contributed by atoms with Crippen LogP contribution < -0.4 is 16.0 Å². The smallest absolute Gasteiger partial charge is 0.263 e. The van der Waals surface area contributed by atoms with E-state index in [-0.39, 0.29) is 35.1 Å². The number of nitrogens with one attached hydrogen (secondary N) is 4. The van der Waals surface area contributed by atoms with Crippen LogP contribution in [0.2, 0.25) is 0 Å². The highest BCUT2D eigenvalue weighted by Gasteiger charge is 2.36. The number of anilines is 1. The first kappa shape index (κ1) is 36.2. The number of aromatic nitrogens is 2. The van der Waals surface area contributed by atoms with Gasteiger partial charge in [0.15, 0.2) is 0 Å². The Kier molecular flexibility index (Phi) is 11.0. The minimum Gasteiger partial charge on any atom is -0.384 e. The van der Waals surface area contributed by atoms with E-state index >= 15 is 0 Å². The van der Waals surface area contributed by atoms with Gasteiger partial charge in [0.25, 0.3) is 5.91 Å². The fourth-order valence-corrected chi connectivity index (χ4v) is 6.11. The molecule has 12 nitrogen and oxygen atoms in total. The summed E-state index contributed by atoms with van der Waals surface area (Å²) in [6, 6.07) is 12.5. The minimum atomic E-state index is -1.05. The molecule has 264 valence electrons. The molecule has 1 unspecified atom stereocenters. The highest BCUT2D eigenvalue weighted by molar-refractivity contribution is 6.10. The van der Waals surface area contributed by atoms with Crippen molar-refractivity contribution in [3.63, 3.8) is 0 Å². The minimum absolute atomic E-state index is 0.0159. The van der Waals surface area contributed by atoms with Crippen LogP contribution >= 0.6 is 0 Å². The summed E-state index contributed by atoms with van der Waals surface area (Å²) in [6.07, 6.45) is 5.11. The Labute approximate surface area is 291 Å². The summed E-state index contributed by atoms with van der Waals surface area (Å²) in [4.78, 5) is 70.9. The van der Waals surface area contributed by atoms with E-state index < -0.39 is 23.8 Å². The molecule has 1 aliphatic rings. The fourth-order valence-electron chi connectivity index (χ4n) is 6.11. The maximum absolute atomic E-state index is 13.6. The van der Waals surface area contributed by atoms with Gasteiger partial charge in [-0.3, -0.25) is 39.2 Å².